The van der Waals surface area contributed by atoms with Crippen molar-refractivity contribution in [1.82, 2.24) is 4.90 Å². The van der Waals surface area contributed by atoms with Crippen LogP contribution >= 0.6 is 11.8 Å². The number of ketones is 1. The van der Waals surface area contributed by atoms with Crippen molar-refractivity contribution in [2.24, 2.45) is 0 Å². The third-order valence-corrected chi connectivity index (χ3v) is 3.69. The van der Waals surface area contributed by atoms with Crippen molar-refractivity contribution in [3.05, 3.63) is 0 Å². The molecule has 0 N–H and O–H groups in total. The number of carbonyl (C=O) groups excluding carboxylic acids is 1. The zero-order chi connectivity index (χ0) is 9.14. The fraction of sp³-hybridized carbons (Fsp3) is 0.889. The normalized spacial score (nSPS) is 28.4. The van der Waals surface area contributed by atoms with E-state index in [2.05, 4.69) is 11.8 Å². The summed E-state index contributed by atoms with van der Waals surface area (Å²) >= 11 is 1.98. The molecule has 1 heterocycles. The van der Waals surface area contributed by atoms with E-state index in [-0.39, 0.29) is 11.8 Å². The van der Waals surface area contributed by atoms with Gasteiger partial charge in [-0.3, -0.25) is 9.69 Å². The number of Topliss-reactive ketones (excluding diaryl/α,β-unsaturated/α-hetero) is 1. The Morgan fingerprint density at radius 3 is 2.83 bits per heavy atom. The van der Waals surface area contributed by atoms with Gasteiger partial charge in [-0.15, -0.1) is 0 Å². The van der Waals surface area contributed by atoms with E-state index < -0.39 is 0 Å². The summed E-state index contributed by atoms with van der Waals surface area (Å²) < 4.78 is 0. The first kappa shape index (κ1) is 10.1. The summed E-state index contributed by atoms with van der Waals surface area (Å²) in [5.74, 6) is 2.62. The topological polar surface area (TPSA) is 20.3 Å². The minimum atomic E-state index is 0.112. The number of hydrogen-bond donors (Lipinski definition) is 0. The molecule has 1 aliphatic heterocycles. The molecule has 0 aromatic rings. The summed E-state index contributed by atoms with van der Waals surface area (Å²) in [6.45, 7) is 6.95. The first-order valence-corrected chi connectivity index (χ1v) is 5.62. The maximum atomic E-state index is 11.1. The van der Waals surface area contributed by atoms with Crippen LogP contribution in [-0.2, 0) is 4.79 Å². The molecule has 3 heteroatoms. The minimum absolute atomic E-state index is 0.112. The van der Waals surface area contributed by atoms with Gasteiger partial charge in [0, 0.05) is 24.1 Å². The first-order chi connectivity index (χ1) is 5.63. The molecule has 1 rings (SSSR count). The van der Waals surface area contributed by atoms with Crippen LogP contribution in [0, 0.1) is 0 Å². The van der Waals surface area contributed by atoms with Gasteiger partial charge in [0.15, 0.2) is 0 Å². The van der Waals surface area contributed by atoms with Crippen LogP contribution in [-0.4, -0.2) is 40.8 Å². The Bertz CT molecular complexity index is 172. The molecular formula is C9H17NOS. The summed E-state index contributed by atoms with van der Waals surface area (Å²) in [4.78, 5) is 13.4. The van der Waals surface area contributed by atoms with Gasteiger partial charge in [-0.25, -0.2) is 0 Å². The molecule has 0 aliphatic carbocycles. The van der Waals surface area contributed by atoms with E-state index in [9.17, 15) is 4.79 Å². The van der Waals surface area contributed by atoms with Crippen molar-refractivity contribution >= 4 is 17.5 Å². The quantitative estimate of drug-likeness (QED) is 0.652. The van der Waals surface area contributed by atoms with Gasteiger partial charge in [0.05, 0.1) is 6.04 Å². The zero-order valence-electron chi connectivity index (χ0n) is 8.04. The largest absolute Gasteiger partial charge is 0.298 e. The third-order valence-electron chi connectivity index (χ3n) is 2.50. The van der Waals surface area contributed by atoms with Crippen LogP contribution in [0.15, 0.2) is 0 Å². The van der Waals surface area contributed by atoms with Crippen molar-refractivity contribution in [1.29, 1.82) is 0 Å². The smallest absolute Gasteiger partial charge is 0.146 e. The molecule has 12 heavy (non-hydrogen) atoms. The van der Waals surface area contributed by atoms with Gasteiger partial charge in [-0.1, -0.05) is 0 Å². The van der Waals surface area contributed by atoms with Gasteiger partial charge in [0.2, 0.25) is 0 Å². The van der Waals surface area contributed by atoms with Crippen LogP contribution in [0.2, 0.25) is 0 Å². The van der Waals surface area contributed by atoms with E-state index in [0.717, 1.165) is 12.3 Å². The molecule has 1 fully saturated rings. The average Bonchev–Trinajstić information content (AvgIpc) is 2.04. The molecule has 2 unspecified atom stereocenters. The standard InChI is InChI=1S/C9H17NOS/c1-7-6-12-5-4-10(7)8(2)9(3)11/h7-8H,4-6H2,1-3H3. The summed E-state index contributed by atoms with van der Waals surface area (Å²) in [6, 6.07) is 0.670. The highest BCUT2D eigenvalue weighted by Gasteiger charge is 2.25. The van der Waals surface area contributed by atoms with E-state index >= 15 is 0 Å². The van der Waals surface area contributed by atoms with Gasteiger partial charge in [0.1, 0.15) is 5.78 Å². The molecule has 1 aliphatic rings. The monoisotopic (exact) mass is 187 g/mol. The molecule has 70 valence electrons. The molecular weight excluding hydrogens is 170 g/mol. The summed E-state index contributed by atoms with van der Waals surface area (Å²) in [5.41, 5.74) is 0. The highest BCUT2D eigenvalue weighted by Crippen LogP contribution is 2.18. The molecule has 0 radical (unpaired) electrons. The lowest BCUT2D eigenvalue weighted by molar-refractivity contribution is -0.122. The van der Waals surface area contributed by atoms with Gasteiger partial charge >= 0.3 is 0 Å². The highest BCUT2D eigenvalue weighted by molar-refractivity contribution is 7.99. The van der Waals surface area contributed by atoms with Crippen molar-refractivity contribution in [3.8, 4) is 0 Å². The Morgan fingerprint density at radius 1 is 1.67 bits per heavy atom. The van der Waals surface area contributed by atoms with Crippen molar-refractivity contribution in [3.63, 3.8) is 0 Å². The lowest BCUT2D eigenvalue weighted by Gasteiger charge is -2.36. The van der Waals surface area contributed by atoms with Gasteiger partial charge in [-0.2, -0.15) is 11.8 Å². The second-order valence-corrected chi connectivity index (χ2v) is 4.60. The van der Waals surface area contributed by atoms with Crippen LogP contribution in [0.3, 0.4) is 0 Å². The Hall–Kier alpha value is -0.0200. The molecule has 0 spiro atoms. The maximum Gasteiger partial charge on any atom is 0.146 e. The Morgan fingerprint density at radius 2 is 2.33 bits per heavy atom. The fourth-order valence-corrected chi connectivity index (χ4v) is 2.59. The van der Waals surface area contributed by atoms with Crippen LogP contribution in [0.4, 0.5) is 0 Å². The fourth-order valence-electron chi connectivity index (χ4n) is 1.55. The molecule has 2 nitrogen and oxygen atoms in total. The number of hydrogen-bond acceptors (Lipinski definition) is 3. The van der Waals surface area contributed by atoms with Gasteiger partial charge in [-0.05, 0) is 20.8 Å². The molecule has 0 bridgehead atoms. The number of carbonyl (C=O) groups is 1. The van der Waals surface area contributed by atoms with Crippen molar-refractivity contribution in [2.75, 3.05) is 18.1 Å². The van der Waals surface area contributed by atoms with Gasteiger partial charge in [0.25, 0.3) is 0 Å². The van der Waals surface area contributed by atoms with Crippen LogP contribution in [0.5, 0.6) is 0 Å². The van der Waals surface area contributed by atoms with Crippen LogP contribution in [0.1, 0.15) is 20.8 Å². The van der Waals surface area contributed by atoms with E-state index in [1.807, 2.05) is 18.7 Å². The second-order valence-electron chi connectivity index (χ2n) is 3.45. The predicted molar refractivity (Wildman–Crippen MR) is 53.6 cm³/mol. The van der Waals surface area contributed by atoms with Crippen molar-refractivity contribution < 1.29 is 4.79 Å². The summed E-state index contributed by atoms with van der Waals surface area (Å²) in [6.07, 6.45) is 0. The molecule has 2 atom stereocenters. The molecule has 0 amide bonds. The Balaban J connectivity index is 2.53. The lowest BCUT2D eigenvalue weighted by Crippen LogP contribution is -2.48. The van der Waals surface area contributed by atoms with Crippen LogP contribution in [0.25, 0.3) is 0 Å². The lowest BCUT2D eigenvalue weighted by atomic mass is 10.1. The third kappa shape index (κ3) is 2.23. The molecule has 1 saturated heterocycles. The van der Waals surface area contributed by atoms with E-state index in [4.69, 9.17) is 0 Å². The number of rotatable bonds is 2. The summed E-state index contributed by atoms with van der Waals surface area (Å²) in [5, 5.41) is 0. The van der Waals surface area contributed by atoms with Crippen LogP contribution < -0.4 is 0 Å². The number of thioether (sulfide) groups is 1. The second kappa shape index (κ2) is 4.28. The molecule has 0 saturated carbocycles. The summed E-state index contributed by atoms with van der Waals surface area (Å²) in [7, 11) is 0. The predicted octanol–water partition coefficient (Wildman–Crippen LogP) is 1.40. The highest BCUT2D eigenvalue weighted by atomic mass is 32.2. The van der Waals surface area contributed by atoms with E-state index in [1.165, 1.54) is 5.75 Å². The molecule has 0 aromatic carbocycles. The maximum absolute atomic E-state index is 11.1. The first-order valence-electron chi connectivity index (χ1n) is 4.47. The SMILES string of the molecule is CC(=O)C(C)N1CCSCC1C. The van der Waals surface area contributed by atoms with Crippen molar-refractivity contribution in [2.45, 2.75) is 32.9 Å². The molecule has 0 aromatic heterocycles. The minimum Gasteiger partial charge on any atom is -0.298 e. The zero-order valence-corrected chi connectivity index (χ0v) is 8.86. The van der Waals surface area contributed by atoms with E-state index in [0.29, 0.717) is 6.04 Å². The number of nitrogens with zero attached hydrogens (tertiary/aromatic N) is 1. The Labute approximate surface area is 78.7 Å². The van der Waals surface area contributed by atoms with E-state index in [1.54, 1.807) is 6.92 Å². The van der Waals surface area contributed by atoms with Gasteiger partial charge < -0.3 is 0 Å². The Kier molecular flexibility index (Phi) is 3.59. The average molecular weight is 187 g/mol.